The van der Waals surface area contributed by atoms with Crippen molar-refractivity contribution in [3.8, 4) is 5.75 Å². The van der Waals surface area contributed by atoms with Crippen LogP contribution in [-0.4, -0.2) is 54.9 Å². The summed E-state index contributed by atoms with van der Waals surface area (Å²) in [7, 11) is 1.46. The van der Waals surface area contributed by atoms with E-state index in [1.807, 2.05) is 4.90 Å². The Kier molecular flexibility index (Phi) is 4.50. The summed E-state index contributed by atoms with van der Waals surface area (Å²) >= 11 is 0. The van der Waals surface area contributed by atoms with Crippen LogP contribution in [0.2, 0.25) is 0 Å². The van der Waals surface area contributed by atoms with E-state index in [4.69, 9.17) is 4.74 Å². The Hall–Kier alpha value is -2.11. The average Bonchev–Trinajstić information content (AvgIpc) is 3.39. The van der Waals surface area contributed by atoms with Crippen molar-refractivity contribution in [2.45, 2.75) is 19.3 Å². The molecule has 2 aliphatic rings. The second-order valence-corrected chi connectivity index (χ2v) is 6.09. The maximum atomic E-state index is 13.5. The fraction of sp³-hybridized carbons (Fsp3) is 0.529. The fourth-order valence-electron chi connectivity index (χ4n) is 2.95. The number of hydrogen-bond acceptors (Lipinski definition) is 3. The van der Waals surface area contributed by atoms with Crippen LogP contribution < -0.4 is 4.74 Å². The third-order valence-electron chi connectivity index (χ3n) is 4.41. The molecule has 1 saturated heterocycles. The summed E-state index contributed by atoms with van der Waals surface area (Å²) in [4.78, 5) is 28.4. The number of rotatable bonds is 3. The van der Waals surface area contributed by atoms with E-state index >= 15 is 0 Å². The van der Waals surface area contributed by atoms with Crippen LogP contribution in [0.15, 0.2) is 18.2 Å². The molecule has 3 rings (SSSR count). The molecule has 0 spiro atoms. The number of amides is 2. The highest BCUT2D eigenvalue weighted by Crippen LogP contribution is 2.31. The average molecular weight is 320 g/mol. The van der Waals surface area contributed by atoms with Crippen LogP contribution in [0.25, 0.3) is 0 Å². The second kappa shape index (κ2) is 6.56. The number of hydrogen-bond donors (Lipinski definition) is 0. The van der Waals surface area contributed by atoms with Gasteiger partial charge in [0.25, 0.3) is 5.91 Å². The second-order valence-electron chi connectivity index (χ2n) is 6.09. The van der Waals surface area contributed by atoms with Gasteiger partial charge in [-0.3, -0.25) is 9.59 Å². The third kappa shape index (κ3) is 3.46. The summed E-state index contributed by atoms with van der Waals surface area (Å²) in [5, 5.41) is 0. The van der Waals surface area contributed by atoms with Gasteiger partial charge < -0.3 is 14.5 Å². The molecule has 1 heterocycles. The molecule has 0 radical (unpaired) electrons. The lowest BCUT2D eigenvalue weighted by Crippen LogP contribution is -2.38. The zero-order chi connectivity index (χ0) is 16.4. The first kappa shape index (κ1) is 15.8. The Morgan fingerprint density at radius 1 is 1.13 bits per heavy atom. The molecule has 1 aliphatic carbocycles. The lowest BCUT2D eigenvalue weighted by Gasteiger charge is -2.23. The number of methoxy groups -OCH3 is 1. The van der Waals surface area contributed by atoms with E-state index in [0.717, 1.165) is 19.3 Å². The zero-order valence-electron chi connectivity index (χ0n) is 13.3. The molecule has 2 amide bonds. The number of carbonyl (C=O) groups is 2. The van der Waals surface area contributed by atoms with Gasteiger partial charge in [0.2, 0.25) is 5.91 Å². The summed E-state index contributed by atoms with van der Waals surface area (Å²) in [6, 6.07) is 3.94. The molecule has 23 heavy (non-hydrogen) atoms. The minimum Gasteiger partial charge on any atom is -0.496 e. The van der Waals surface area contributed by atoms with Gasteiger partial charge >= 0.3 is 0 Å². The van der Waals surface area contributed by atoms with Gasteiger partial charge in [-0.05, 0) is 37.5 Å². The SMILES string of the molecule is COc1ccc(F)cc1C(=O)N1CCCN(C(=O)C2CC2)CC1. The van der Waals surface area contributed by atoms with Gasteiger partial charge in [-0.15, -0.1) is 0 Å². The van der Waals surface area contributed by atoms with Gasteiger partial charge in [0.05, 0.1) is 12.7 Å². The van der Waals surface area contributed by atoms with Crippen molar-refractivity contribution in [2.75, 3.05) is 33.3 Å². The normalized spacial score (nSPS) is 18.5. The topological polar surface area (TPSA) is 49.9 Å². The van der Waals surface area contributed by atoms with Crippen LogP contribution in [0.4, 0.5) is 4.39 Å². The lowest BCUT2D eigenvalue weighted by molar-refractivity contribution is -0.132. The van der Waals surface area contributed by atoms with Crippen LogP contribution in [0.5, 0.6) is 5.75 Å². The lowest BCUT2D eigenvalue weighted by atomic mass is 10.1. The number of carbonyl (C=O) groups excluding carboxylic acids is 2. The molecule has 0 aromatic heterocycles. The van der Waals surface area contributed by atoms with Crippen molar-refractivity contribution in [2.24, 2.45) is 5.92 Å². The van der Waals surface area contributed by atoms with Gasteiger partial charge in [-0.2, -0.15) is 0 Å². The number of ether oxygens (including phenoxy) is 1. The summed E-state index contributed by atoms with van der Waals surface area (Å²) < 4.78 is 18.6. The zero-order valence-corrected chi connectivity index (χ0v) is 13.3. The van der Waals surface area contributed by atoms with Crippen LogP contribution in [0.3, 0.4) is 0 Å². The van der Waals surface area contributed by atoms with Crippen LogP contribution in [-0.2, 0) is 4.79 Å². The fourth-order valence-corrected chi connectivity index (χ4v) is 2.95. The van der Waals surface area contributed by atoms with Crippen molar-refractivity contribution < 1.29 is 18.7 Å². The molecular weight excluding hydrogens is 299 g/mol. The van der Waals surface area contributed by atoms with E-state index in [1.165, 1.54) is 25.3 Å². The smallest absolute Gasteiger partial charge is 0.257 e. The van der Waals surface area contributed by atoms with Crippen molar-refractivity contribution >= 4 is 11.8 Å². The molecule has 1 aromatic rings. The number of benzene rings is 1. The molecule has 1 saturated carbocycles. The third-order valence-corrected chi connectivity index (χ3v) is 4.41. The molecule has 0 bridgehead atoms. The number of halogens is 1. The van der Waals surface area contributed by atoms with E-state index in [9.17, 15) is 14.0 Å². The summed E-state index contributed by atoms with van der Waals surface area (Å²) in [5.74, 6) is 0.0614. The van der Waals surface area contributed by atoms with E-state index in [1.54, 1.807) is 4.90 Å². The van der Waals surface area contributed by atoms with Gasteiger partial charge in [-0.25, -0.2) is 4.39 Å². The Balaban J connectivity index is 1.70. The summed E-state index contributed by atoms with van der Waals surface area (Å²) in [5.41, 5.74) is 0.231. The largest absolute Gasteiger partial charge is 0.496 e. The van der Waals surface area contributed by atoms with E-state index < -0.39 is 5.82 Å². The van der Waals surface area contributed by atoms with Crippen LogP contribution >= 0.6 is 0 Å². The van der Waals surface area contributed by atoms with Crippen molar-refractivity contribution in [3.05, 3.63) is 29.6 Å². The minimum atomic E-state index is -0.463. The van der Waals surface area contributed by atoms with Crippen molar-refractivity contribution in [3.63, 3.8) is 0 Å². The van der Waals surface area contributed by atoms with Gasteiger partial charge in [0.15, 0.2) is 0 Å². The monoisotopic (exact) mass is 320 g/mol. The molecule has 6 heteroatoms. The first-order valence-corrected chi connectivity index (χ1v) is 8.01. The molecule has 1 aliphatic heterocycles. The van der Waals surface area contributed by atoms with Gasteiger partial charge in [0, 0.05) is 32.1 Å². The summed E-state index contributed by atoms with van der Waals surface area (Å²) in [6.07, 6.45) is 2.71. The highest BCUT2D eigenvalue weighted by molar-refractivity contribution is 5.97. The molecule has 2 fully saturated rings. The molecule has 124 valence electrons. The highest BCUT2D eigenvalue weighted by Gasteiger charge is 2.34. The van der Waals surface area contributed by atoms with Crippen LogP contribution in [0, 0.1) is 11.7 Å². The number of nitrogens with zero attached hydrogens (tertiary/aromatic N) is 2. The predicted molar refractivity (Wildman–Crippen MR) is 82.8 cm³/mol. The van der Waals surface area contributed by atoms with Crippen LogP contribution in [0.1, 0.15) is 29.6 Å². The van der Waals surface area contributed by atoms with Gasteiger partial charge in [0.1, 0.15) is 11.6 Å². The first-order chi connectivity index (χ1) is 11.1. The molecule has 1 aromatic carbocycles. The Bertz CT molecular complexity index is 616. The minimum absolute atomic E-state index is 0.195. The highest BCUT2D eigenvalue weighted by atomic mass is 19.1. The molecule has 0 unspecified atom stereocenters. The summed E-state index contributed by atoms with van der Waals surface area (Å²) in [6.45, 7) is 2.25. The molecular formula is C17H21FN2O3. The van der Waals surface area contributed by atoms with E-state index in [2.05, 4.69) is 0 Å². The maximum Gasteiger partial charge on any atom is 0.257 e. The van der Waals surface area contributed by atoms with E-state index in [0.29, 0.717) is 31.9 Å². The Morgan fingerprint density at radius 2 is 1.83 bits per heavy atom. The molecule has 5 nitrogen and oxygen atoms in total. The van der Waals surface area contributed by atoms with Crippen molar-refractivity contribution in [1.82, 2.24) is 9.80 Å². The Morgan fingerprint density at radius 3 is 2.52 bits per heavy atom. The van der Waals surface area contributed by atoms with E-state index in [-0.39, 0.29) is 23.3 Å². The molecule has 0 N–H and O–H groups in total. The quantitative estimate of drug-likeness (QED) is 0.855. The van der Waals surface area contributed by atoms with Gasteiger partial charge in [-0.1, -0.05) is 0 Å². The predicted octanol–water partition coefficient (Wildman–Crippen LogP) is 1.92. The maximum absolute atomic E-state index is 13.5. The Labute approximate surface area is 135 Å². The standard InChI is InChI=1S/C17H21FN2O3/c1-23-15-6-5-13(18)11-14(15)17(22)20-8-2-7-19(9-10-20)16(21)12-3-4-12/h5-6,11-12H,2-4,7-10H2,1H3. The first-order valence-electron chi connectivity index (χ1n) is 8.01. The van der Waals surface area contributed by atoms with Crippen molar-refractivity contribution in [1.29, 1.82) is 0 Å². The molecule has 0 atom stereocenters.